The first-order valence-corrected chi connectivity index (χ1v) is 6.23. The van der Waals surface area contributed by atoms with Gasteiger partial charge in [-0.25, -0.2) is 4.39 Å². The van der Waals surface area contributed by atoms with Crippen molar-refractivity contribution in [3.8, 4) is 5.75 Å². The van der Waals surface area contributed by atoms with Crippen molar-refractivity contribution in [2.24, 2.45) is 0 Å². The molecule has 0 spiro atoms. The first-order chi connectivity index (χ1) is 8.63. The molecule has 1 aromatic carbocycles. The van der Waals surface area contributed by atoms with Gasteiger partial charge in [-0.3, -0.25) is 0 Å². The van der Waals surface area contributed by atoms with Crippen LogP contribution in [0.25, 0.3) is 0 Å². The Morgan fingerprint density at radius 1 is 1.33 bits per heavy atom. The fourth-order valence-corrected chi connectivity index (χ4v) is 1.91. The van der Waals surface area contributed by atoms with E-state index in [1.165, 1.54) is 12.1 Å². The number of benzene rings is 1. The molecule has 0 saturated carbocycles. The van der Waals surface area contributed by atoms with Gasteiger partial charge in [0, 0.05) is 12.7 Å². The average molecular weight is 255 g/mol. The molecule has 4 heteroatoms. The first kappa shape index (κ1) is 14.9. The third-order valence-corrected chi connectivity index (χ3v) is 2.98. The number of hydrogen-bond donors (Lipinski definition) is 1. The molecule has 0 aromatic heterocycles. The molecule has 1 rings (SSSR count). The van der Waals surface area contributed by atoms with Crippen molar-refractivity contribution < 1.29 is 13.9 Å². The summed E-state index contributed by atoms with van der Waals surface area (Å²) in [5.74, 6) is 0.409. The molecule has 2 atom stereocenters. The minimum atomic E-state index is -0.266. The summed E-state index contributed by atoms with van der Waals surface area (Å²) in [4.78, 5) is 0. The molecule has 0 bridgehead atoms. The van der Waals surface area contributed by atoms with Crippen LogP contribution >= 0.6 is 0 Å². The Morgan fingerprint density at radius 2 is 2.06 bits per heavy atom. The van der Waals surface area contributed by atoms with Gasteiger partial charge in [-0.2, -0.15) is 0 Å². The van der Waals surface area contributed by atoms with E-state index in [1.54, 1.807) is 20.3 Å². The van der Waals surface area contributed by atoms with E-state index in [-0.39, 0.29) is 18.0 Å². The van der Waals surface area contributed by atoms with Gasteiger partial charge in [-0.15, -0.1) is 0 Å². The van der Waals surface area contributed by atoms with Gasteiger partial charge in [0.1, 0.15) is 11.6 Å². The summed E-state index contributed by atoms with van der Waals surface area (Å²) in [6.45, 7) is 4.89. The molecule has 0 amide bonds. The van der Waals surface area contributed by atoms with Gasteiger partial charge in [-0.1, -0.05) is 6.92 Å². The number of methoxy groups -OCH3 is 2. The Hall–Kier alpha value is -1.13. The Morgan fingerprint density at radius 3 is 2.61 bits per heavy atom. The second-order valence-electron chi connectivity index (χ2n) is 4.26. The van der Waals surface area contributed by atoms with Crippen LogP contribution in [-0.2, 0) is 4.74 Å². The van der Waals surface area contributed by atoms with E-state index in [0.29, 0.717) is 5.75 Å². The Bertz CT molecular complexity index is 371. The predicted octanol–water partition coefficient (Wildman–Crippen LogP) is 2.91. The molecule has 1 N–H and O–H groups in total. The molecule has 18 heavy (non-hydrogen) atoms. The lowest BCUT2D eigenvalue weighted by atomic mass is 10.0. The highest BCUT2D eigenvalue weighted by Crippen LogP contribution is 2.29. The molecule has 1 aromatic rings. The maximum atomic E-state index is 13.4. The van der Waals surface area contributed by atoms with Crippen LogP contribution in [0.15, 0.2) is 18.2 Å². The topological polar surface area (TPSA) is 30.5 Å². The van der Waals surface area contributed by atoms with Crippen molar-refractivity contribution >= 4 is 0 Å². The van der Waals surface area contributed by atoms with Crippen molar-refractivity contribution in [3.63, 3.8) is 0 Å². The normalized spacial score (nSPS) is 14.3. The second-order valence-corrected chi connectivity index (χ2v) is 4.26. The van der Waals surface area contributed by atoms with Crippen LogP contribution in [-0.4, -0.2) is 26.9 Å². The largest absolute Gasteiger partial charge is 0.496 e. The van der Waals surface area contributed by atoms with E-state index in [2.05, 4.69) is 12.2 Å². The van der Waals surface area contributed by atoms with Gasteiger partial charge in [0.05, 0.1) is 19.3 Å². The Kier molecular flexibility index (Phi) is 6.09. The number of halogens is 1. The fraction of sp³-hybridized carbons (Fsp3) is 0.571. The molecule has 0 heterocycles. The minimum absolute atomic E-state index is 0.0627. The number of rotatable bonds is 7. The quantitative estimate of drug-likeness (QED) is 0.812. The molecule has 0 saturated heterocycles. The highest BCUT2D eigenvalue weighted by molar-refractivity contribution is 5.37. The average Bonchev–Trinajstić information content (AvgIpc) is 2.39. The summed E-state index contributed by atoms with van der Waals surface area (Å²) in [5.41, 5.74) is 0.792. The van der Waals surface area contributed by atoms with Gasteiger partial charge in [0.15, 0.2) is 0 Å². The van der Waals surface area contributed by atoms with Gasteiger partial charge >= 0.3 is 0 Å². The lowest BCUT2D eigenvalue weighted by Gasteiger charge is -2.26. The van der Waals surface area contributed by atoms with Crippen molar-refractivity contribution in [2.45, 2.75) is 32.4 Å². The number of nitrogens with one attached hydrogen (secondary N) is 1. The fourth-order valence-electron chi connectivity index (χ4n) is 1.91. The summed E-state index contributed by atoms with van der Waals surface area (Å²) >= 11 is 0. The van der Waals surface area contributed by atoms with Crippen LogP contribution in [0.1, 0.15) is 31.9 Å². The Balaban J connectivity index is 3.05. The predicted molar refractivity (Wildman–Crippen MR) is 70.5 cm³/mol. The van der Waals surface area contributed by atoms with Gasteiger partial charge in [0.2, 0.25) is 0 Å². The highest BCUT2D eigenvalue weighted by Gasteiger charge is 2.22. The lowest BCUT2D eigenvalue weighted by molar-refractivity contribution is 0.0820. The molecule has 0 fully saturated rings. The second kappa shape index (κ2) is 7.34. The van der Waals surface area contributed by atoms with Crippen molar-refractivity contribution in [1.29, 1.82) is 0 Å². The third-order valence-electron chi connectivity index (χ3n) is 2.98. The zero-order valence-corrected chi connectivity index (χ0v) is 11.5. The third kappa shape index (κ3) is 3.68. The van der Waals surface area contributed by atoms with Crippen LogP contribution < -0.4 is 10.1 Å². The highest BCUT2D eigenvalue weighted by atomic mass is 19.1. The molecule has 102 valence electrons. The zero-order valence-electron chi connectivity index (χ0n) is 11.5. The molecule has 0 radical (unpaired) electrons. The van der Waals surface area contributed by atoms with E-state index in [4.69, 9.17) is 9.47 Å². The van der Waals surface area contributed by atoms with Crippen LogP contribution in [0.5, 0.6) is 5.75 Å². The summed E-state index contributed by atoms with van der Waals surface area (Å²) < 4.78 is 24.1. The maximum absolute atomic E-state index is 13.4. The standard InChI is InChI=1S/C14H22FNO2/c1-5-8-16-14(10(2)17-3)12-9-11(15)6-7-13(12)18-4/h6-7,9-10,14,16H,5,8H2,1-4H3. The number of hydrogen-bond acceptors (Lipinski definition) is 3. The van der Waals surface area contributed by atoms with E-state index >= 15 is 0 Å². The SMILES string of the molecule is CCCNC(c1cc(F)ccc1OC)C(C)OC. The summed E-state index contributed by atoms with van der Waals surface area (Å²) in [7, 11) is 3.24. The van der Waals surface area contributed by atoms with Crippen LogP contribution in [0.2, 0.25) is 0 Å². The molecular formula is C14H22FNO2. The van der Waals surface area contributed by atoms with Crippen LogP contribution in [0.4, 0.5) is 4.39 Å². The van der Waals surface area contributed by atoms with E-state index < -0.39 is 0 Å². The zero-order chi connectivity index (χ0) is 13.5. The molecular weight excluding hydrogens is 233 g/mol. The molecule has 0 aliphatic rings. The van der Waals surface area contributed by atoms with Gasteiger partial charge < -0.3 is 14.8 Å². The van der Waals surface area contributed by atoms with Crippen molar-refractivity contribution in [1.82, 2.24) is 5.32 Å². The van der Waals surface area contributed by atoms with Gasteiger partial charge in [0.25, 0.3) is 0 Å². The number of ether oxygens (including phenoxy) is 2. The first-order valence-electron chi connectivity index (χ1n) is 6.23. The van der Waals surface area contributed by atoms with Gasteiger partial charge in [-0.05, 0) is 38.1 Å². The molecule has 0 aliphatic heterocycles. The van der Waals surface area contributed by atoms with Crippen LogP contribution in [0.3, 0.4) is 0 Å². The summed E-state index contributed by atoms with van der Waals surface area (Å²) in [6, 6.07) is 4.46. The minimum Gasteiger partial charge on any atom is -0.496 e. The van der Waals surface area contributed by atoms with Crippen LogP contribution in [0, 0.1) is 5.82 Å². The maximum Gasteiger partial charge on any atom is 0.123 e. The Labute approximate surface area is 108 Å². The van der Waals surface area contributed by atoms with Crippen molar-refractivity contribution in [3.05, 3.63) is 29.6 Å². The smallest absolute Gasteiger partial charge is 0.123 e. The van der Waals surface area contributed by atoms with E-state index in [9.17, 15) is 4.39 Å². The molecule has 3 nitrogen and oxygen atoms in total. The lowest BCUT2D eigenvalue weighted by Crippen LogP contribution is -2.32. The molecule has 0 aliphatic carbocycles. The van der Waals surface area contributed by atoms with E-state index in [1.807, 2.05) is 6.92 Å². The van der Waals surface area contributed by atoms with Crippen molar-refractivity contribution in [2.75, 3.05) is 20.8 Å². The monoisotopic (exact) mass is 255 g/mol. The molecule has 2 unspecified atom stereocenters. The van der Waals surface area contributed by atoms with E-state index in [0.717, 1.165) is 18.5 Å². The summed E-state index contributed by atoms with van der Waals surface area (Å²) in [5, 5.41) is 3.37. The summed E-state index contributed by atoms with van der Waals surface area (Å²) in [6.07, 6.45) is 0.942.